The summed E-state index contributed by atoms with van der Waals surface area (Å²) in [5.41, 5.74) is 0.207. The zero-order chi connectivity index (χ0) is 13.8. The summed E-state index contributed by atoms with van der Waals surface area (Å²) in [4.78, 5) is 10.9. The zero-order valence-electron chi connectivity index (χ0n) is 11.2. The van der Waals surface area contributed by atoms with E-state index in [1.165, 1.54) is 0 Å². The molecular weight excluding hydrogens is 246 g/mol. The van der Waals surface area contributed by atoms with E-state index in [1.54, 1.807) is 13.0 Å². The van der Waals surface area contributed by atoms with E-state index >= 15 is 0 Å². The molecule has 1 aromatic rings. The fraction of sp³-hybridized carbons (Fsp3) is 0.643. The van der Waals surface area contributed by atoms with E-state index < -0.39 is 5.97 Å². The highest BCUT2D eigenvalue weighted by atomic mass is 16.4. The predicted octanol–water partition coefficient (Wildman–Crippen LogP) is 2.07. The average Bonchev–Trinajstić information content (AvgIpc) is 2.61. The standard InChI is InChI=1S/C14H21NO4/c1-9-11(14(17)18)7-10(19-9)8-15-12-5-3-2-4-6-13(12)16/h7,12-13,15-16H,2-6,8H2,1H3,(H,17,18). The molecule has 2 rings (SSSR count). The molecule has 106 valence electrons. The summed E-state index contributed by atoms with van der Waals surface area (Å²) in [6.07, 6.45) is 4.81. The Balaban J connectivity index is 1.94. The molecule has 2 atom stereocenters. The fourth-order valence-electron chi connectivity index (χ4n) is 2.60. The molecule has 1 aliphatic rings. The Morgan fingerprint density at radius 2 is 2.16 bits per heavy atom. The second-order valence-corrected chi connectivity index (χ2v) is 5.18. The summed E-state index contributed by atoms with van der Waals surface area (Å²) in [5, 5.41) is 22.2. The molecule has 1 fully saturated rings. The van der Waals surface area contributed by atoms with E-state index in [0.717, 1.165) is 32.1 Å². The van der Waals surface area contributed by atoms with Crippen LogP contribution in [0.4, 0.5) is 0 Å². The highest BCUT2D eigenvalue weighted by Crippen LogP contribution is 2.19. The molecular formula is C14H21NO4. The van der Waals surface area contributed by atoms with Crippen molar-refractivity contribution in [3.63, 3.8) is 0 Å². The van der Waals surface area contributed by atoms with Gasteiger partial charge in [-0.25, -0.2) is 4.79 Å². The summed E-state index contributed by atoms with van der Waals surface area (Å²) in [5.74, 6) is 0.0547. The van der Waals surface area contributed by atoms with Crippen molar-refractivity contribution in [3.05, 3.63) is 23.2 Å². The molecule has 0 aromatic carbocycles. The summed E-state index contributed by atoms with van der Waals surface area (Å²) >= 11 is 0. The number of aliphatic hydroxyl groups excluding tert-OH is 1. The van der Waals surface area contributed by atoms with Crippen molar-refractivity contribution >= 4 is 5.97 Å². The second kappa shape index (κ2) is 6.21. The summed E-state index contributed by atoms with van der Waals surface area (Å²) in [6.45, 7) is 2.10. The third-order valence-corrected chi connectivity index (χ3v) is 3.72. The Bertz CT molecular complexity index is 441. The van der Waals surface area contributed by atoms with Crippen LogP contribution >= 0.6 is 0 Å². The number of carbonyl (C=O) groups is 1. The number of carboxylic acid groups (broad SMARTS) is 1. The average molecular weight is 267 g/mol. The molecule has 0 amide bonds. The molecule has 0 radical (unpaired) electrons. The van der Waals surface area contributed by atoms with Crippen LogP contribution in [0.15, 0.2) is 10.5 Å². The maximum Gasteiger partial charge on any atom is 0.339 e. The van der Waals surface area contributed by atoms with Crippen LogP contribution in [0.2, 0.25) is 0 Å². The Labute approximate surface area is 112 Å². The maximum absolute atomic E-state index is 10.9. The number of aryl methyl sites for hydroxylation is 1. The van der Waals surface area contributed by atoms with Gasteiger partial charge < -0.3 is 19.9 Å². The second-order valence-electron chi connectivity index (χ2n) is 5.18. The van der Waals surface area contributed by atoms with Crippen LogP contribution in [0.25, 0.3) is 0 Å². The van der Waals surface area contributed by atoms with E-state index in [9.17, 15) is 9.90 Å². The topological polar surface area (TPSA) is 82.7 Å². The van der Waals surface area contributed by atoms with Gasteiger partial charge >= 0.3 is 5.97 Å². The molecule has 19 heavy (non-hydrogen) atoms. The molecule has 0 saturated heterocycles. The third-order valence-electron chi connectivity index (χ3n) is 3.72. The van der Waals surface area contributed by atoms with Gasteiger partial charge in [-0.3, -0.25) is 0 Å². The van der Waals surface area contributed by atoms with Gasteiger partial charge in [0.2, 0.25) is 0 Å². The lowest BCUT2D eigenvalue weighted by atomic mass is 10.1. The van der Waals surface area contributed by atoms with Crippen molar-refractivity contribution < 1.29 is 19.4 Å². The van der Waals surface area contributed by atoms with Gasteiger partial charge in [-0.05, 0) is 25.8 Å². The SMILES string of the molecule is Cc1oc(CNC2CCCCCC2O)cc1C(=O)O. The Kier molecular flexibility index (Phi) is 4.61. The quantitative estimate of drug-likeness (QED) is 0.727. The Morgan fingerprint density at radius 3 is 2.84 bits per heavy atom. The molecule has 1 aromatic heterocycles. The molecule has 0 aliphatic heterocycles. The lowest BCUT2D eigenvalue weighted by Gasteiger charge is -2.21. The normalized spacial score (nSPS) is 24.1. The van der Waals surface area contributed by atoms with Crippen LogP contribution < -0.4 is 5.32 Å². The number of hydrogen-bond acceptors (Lipinski definition) is 4. The summed E-state index contributed by atoms with van der Waals surface area (Å²) in [7, 11) is 0. The molecule has 5 heteroatoms. The van der Waals surface area contributed by atoms with Crippen molar-refractivity contribution in [1.82, 2.24) is 5.32 Å². The van der Waals surface area contributed by atoms with Gasteiger partial charge in [0, 0.05) is 6.04 Å². The van der Waals surface area contributed by atoms with Gasteiger partial charge in [0.1, 0.15) is 17.1 Å². The Morgan fingerprint density at radius 1 is 1.42 bits per heavy atom. The first-order valence-corrected chi connectivity index (χ1v) is 6.82. The van der Waals surface area contributed by atoms with Crippen molar-refractivity contribution in [1.29, 1.82) is 0 Å². The van der Waals surface area contributed by atoms with Crippen LogP contribution in [0.5, 0.6) is 0 Å². The number of furan rings is 1. The van der Waals surface area contributed by atoms with E-state index in [-0.39, 0.29) is 17.7 Å². The van der Waals surface area contributed by atoms with Crippen molar-refractivity contribution in [2.24, 2.45) is 0 Å². The van der Waals surface area contributed by atoms with Crippen molar-refractivity contribution in [3.8, 4) is 0 Å². The van der Waals surface area contributed by atoms with Crippen molar-refractivity contribution in [2.75, 3.05) is 0 Å². The lowest BCUT2D eigenvalue weighted by Crippen LogP contribution is -2.38. The van der Waals surface area contributed by atoms with Gasteiger partial charge in [0.15, 0.2) is 0 Å². The van der Waals surface area contributed by atoms with Crippen LogP contribution in [0, 0.1) is 6.92 Å². The summed E-state index contributed by atoms with van der Waals surface area (Å²) < 4.78 is 5.41. The first-order valence-electron chi connectivity index (χ1n) is 6.82. The van der Waals surface area contributed by atoms with Crippen LogP contribution in [-0.4, -0.2) is 28.3 Å². The Hall–Kier alpha value is -1.33. The van der Waals surface area contributed by atoms with Gasteiger partial charge in [-0.2, -0.15) is 0 Å². The van der Waals surface area contributed by atoms with E-state index in [0.29, 0.717) is 18.1 Å². The molecule has 0 bridgehead atoms. The first kappa shape index (κ1) is 14.1. The third kappa shape index (κ3) is 3.58. The highest BCUT2D eigenvalue weighted by Gasteiger charge is 2.22. The highest BCUT2D eigenvalue weighted by molar-refractivity contribution is 5.88. The lowest BCUT2D eigenvalue weighted by molar-refractivity contribution is 0.0695. The monoisotopic (exact) mass is 267 g/mol. The van der Waals surface area contributed by atoms with E-state index in [2.05, 4.69) is 5.32 Å². The number of hydrogen-bond donors (Lipinski definition) is 3. The number of aromatic carboxylic acids is 1. The van der Waals surface area contributed by atoms with Gasteiger partial charge in [-0.1, -0.05) is 19.3 Å². The molecule has 1 saturated carbocycles. The fourth-order valence-corrected chi connectivity index (χ4v) is 2.60. The summed E-state index contributed by atoms with van der Waals surface area (Å²) in [6, 6.07) is 1.62. The minimum absolute atomic E-state index is 0.0705. The molecule has 5 nitrogen and oxygen atoms in total. The number of nitrogens with one attached hydrogen (secondary N) is 1. The first-order chi connectivity index (χ1) is 9.08. The molecule has 1 heterocycles. The smallest absolute Gasteiger partial charge is 0.339 e. The minimum atomic E-state index is -0.970. The molecule has 3 N–H and O–H groups in total. The van der Waals surface area contributed by atoms with Crippen molar-refractivity contribution in [2.45, 2.75) is 57.7 Å². The van der Waals surface area contributed by atoms with Crippen LogP contribution in [-0.2, 0) is 6.54 Å². The van der Waals surface area contributed by atoms with Crippen LogP contribution in [0.1, 0.15) is 54.0 Å². The molecule has 0 spiro atoms. The van der Waals surface area contributed by atoms with E-state index in [4.69, 9.17) is 9.52 Å². The van der Waals surface area contributed by atoms with E-state index in [1.807, 2.05) is 0 Å². The van der Waals surface area contributed by atoms with Crippen LogP contribution in [0.3, 0.4) is 0 Å². The zero-order valence-corrected chi connectivity index (χ0v) is 11.2. The number of aliphatic hydroxyl groups is 1. The minimum Gasteiger partial charge on any atom is -0.478 e. The molecule has 2 unspecified atom stereocenters. The number of carboxylic acids is 1. The van der Waals surface area contributed by atoms with Gasteiger partial charge in [-0.15, -0.1) is 0 Å². The molecule has 1 aliphatic carbocycles. The van der Waals surface area contributed by atoms with Gasteiger partial charge in [0.05, 0.1) is 12.6 Å². The van der Waals surface area contributed by atoms with Gasteiger partial charge in [0.25, 0.3) is 0 Å². The maximum atomic E-state index is 10.9. The number of rotatable bonds is 4. The predicted molar refractivity (Wildman–Crippen MR) is 70.1 cm³/mol. The largest absolute Gasteiger partial charge is 0.478 e.